The maximum Gasteiger partial charge on any atom is 0.131 e. The minimum Gasteiger partial charge on any atom is -0.492 e. The van der Waals surface area contributed by atoms with Crippen molar-refractivity contribution in [3.8, 4) is 16.9 Å². The molecule has 0 bridgehead atoms. The van der Waals surface area contributed by atoms with Gasteiger partial charge in [-0.15, -0.1) is 0 Å². The van der Waals surface area contributed by atoms with Crippen molar-refractivity contribution < 1.29 is 9.13 Å². The monoisotopic (exact) mass is 534 g/mol. The fraction of sp³-hybridized carbons (Fsp3) is 0.676. The standard InChI is InChI=1S/C37H55FO/c1-7-27-22-33(23-28(8-2)36(27)39-25-37(9-3,10-4)11-5)34-21-20-32(24-35(34)38)31-18-16-30(17-19-31)29-14-12-26(6)13-15-29/h20-24,26,29-31H,7-19,25H2,1-6H3. The smallest absolute Gasteiger partial charge is 0.131 e. The Hall–Kier alpha value is -1.83. The Morgan fingerprint density at radius 1 is 0.744 bits per heavy atom. The van der Waals surface area contributed by atoms with Gasteiger partial charge in [0.05, 0.1) is 6.61 Å². The third-order valence-corrected chi connectivity index (χ3v) is 11.1. The second-order valence-corrected chi connectivity index (χ2v) is 13.1. The number of ether oxygens (including phenoxy) is 1. The first-order valence-corrected chi connectivity index (χ1v) is 16.4. The lowest BCUT2D eigenvalue weighted by Gasteiger charge is -2.37. The van der Waals surface area contributed by atoms with Crippen LogP contribution in [0.2, 0.25) is 0 Å². The van der Waals surface area contributed by atoms with E-state index in [0.29, 0.717) is 5.92 Å². The van der Waals surface area contributed by atoms with Crippen molar-refractivity contribution in [3.63, 3.8) is 0 Å². The van der Waals surface area contributed by atoms with Crippen molar-refractivity contribution in [2.75, 3.05) is 6.61 Å². The summed E-state index contributed by atoms with van der Waals surface area (Å²) in [5.74, 6) is 4.23. The van der Waals surface area contributed by atoms with E-state index in [2.05, 4.69) is 59.7 Å². The van der Waals surface area contributed by atoms with Gasteiger partial charge < -0.3 is 4.74 Å². The zero-order chi connectivity index (χ0) is 28.0. The predicted molar refractivity (Wildman–Crippen MR) is 165 cm³/mol. The molecule has 0 aliphatic heterocycles. The molecule has 2 aliphatic rings. The molecule has 0 unspecified atom stereocenters. The van der Waals surface area contributed by atoms with Gasteiger partial charge in [0.25, 0.3) is 0 Å². The van der Waals surface area contributed by atoms with Crippen LogP contribution < -0.4 is 4.74 Å². The van der Waals surface area contributed by atoms with Crippen molar-refractivity contribution in [2.24, 2.45) is 23.2 Å². The number of aryl methyl sites for hydroxylation is 2. The predicted octanol–water partition coefficient (Wildman–Crippen LogP) is 11.3. The van der Waals surface area contributed by atoms with Gasteiger partial charge in [-0.2, -0.15) is 0 Å². The van der Waals surface area contributed by atoms with Gasteiger partial charge in [-0.25, -0.2) is 4.39 Å². The zero-order valence-corrected chi connectivity index (χ0v) is 25.9. The van der Waals surface area contributed by atoms with Crippen molar-refractivity contribution in [2.45, 2.75) is 131 Å². The number of halogens is 1. The van der Waals surface area contributed by atoms with Gasteiger partial charge in [0.1, 0.15) is 11.6 Å². The molecule has 2 heteroatoms. The molecule has 2 aromatic carbocycles. The van der Waals surface area contributed by atoms with Crippen LogP contribution in [0.1, 0.15) is 135 Å². The Labute approximate surface area is 239 Å². The molecule has 4 rings (SSSR count). The molecule has 0 heterocycles. The second-order valence-electron chi connectivity index (χ2n) is 13.1. The fourth-order valence-corrected chi connectivity index (χ4v) is 7.60. The Bertz CT molecular complexity index is 1020. The lowest BCUT2D eigenvalue weighted by Crippen LogP contribution is -2.27. The molecule has 1 nitrogen and oxygen atoms in total. The van der Waals surface area contributed by atoms with E-state index < -0.39 is 0 Å². The highest BCUT2D eigenvalue weighted by Gasteiger charge is 2.31. The molecule has 0 N–H and O–H groups in total. The van der Waals surface area contributed by atoms with Crippen molar-refractivity contribution in [3.05, 3.63) is 52.8 Å². The van der Waals surface area contributed by atoms with E-state index >= 15 is 4.39 Å². The number of hydrogen-bond acceptors (Lipinski definition) is 1. The summed E-state index contributed by atoms with van der Waals surface area (Å²) >= 11 is 0. The first-order valence-electron chi connectivity index (χ1n) is 16.4. The summed E-state index contributed by atoms with van der Waals surface area (Å²) < 4.78 is 22.2. The van der Waals surface area contributed by atoms with E-state index in [1.807, 2.05) is 12.1 Å². The molecule has 0 spiro atoms. The van der Waals surface area contributed by atoms with Crippen LogP contribution in [0, 0.1) is 29.0 Å². The Kier molecular flexibility index (Phi) is 10.6. The number of benzene rings is 2. The van der Waals surface area contributed by atoms with Gasteiger partial charge in [0.15, 0.2) is 0 Å². The topological polar surface area (TPSA) is 9.23 Å². The van der Waals surface area contributed by atoms with Crippen LogP contribution in [0.5, 0.6) is 5.75 Å². The fourth-order valence-electron chi connectivity index (χ4n) is 7.60. The molecule has 39 heavy (non-hydrogen) atoms. The minimum absolute atomic E-state index is 0.0735. The first kappa shape index (κ1) is 30.1. The lowest BCUT2D eigenvalue weighted by atomic mass is 9.68. The normalized spacial score (nSPS) is 24.1. The van der Waals surface area contributed by atoms with Gasteiger partial charge in [-0.05, 0) is 135 Å². The highest BCUT2D eigenvalue weighted by molar-refractivity contribution is 5.68. The molecular formula is C37H55FO. The Balaban J connectivity index is 1.48. The van der Waals surface area contributed by atoms with Gasteiger partial charge in [-0.1, -0.05) is 66.5 Å². The molecule has 0 atom stereocenters. The van der Waals surface area contributed by atoms with E-state index in [1.54, 1.807) is 0 Å². The van der Waals surface area contributed by atoms with E-state index in [1.165, 1.54) is 68.1 Å². The molecule has 216 valence electrons. The minimum atomic E-state index is -0.0735. The molecule has 2 fully saturated rings. The summed E-state index contributed by atoms with van der Waals surface area (Å²) in [5, 5.41) is 0. The quantitative estimate of drug-likeness (QED) is 0.278. The van der Waals surface area contributed by atoms with Crippen LogP contribution in [0.4, 0.5) is 4.39 Å². The molecule has 0 aromatic heterocycles. The van der Waals surface area contributed by atoms with E-state index in [4.69, 9.17) is 4.74 Å². The summed E-state index contributed by atoms with van der Waals surface area (Å²) in [6.45, 7) is 14.4. The average Bonchev–Trinajstić information content (AvgIpc) is 2.98. The number of hydrogen-bond donors (Lipinski definition) is 0. The Morgan fingerprint density at radius 2 is 1.28 bits per heavy atom. The van der Waals surface area contributed by atoms with Crippen LogP contribution in [-0.2, 0) is 12.8 Å². The van der Waals surface area contributed by atoms with Crippen LogP contribution >= 0.6 is 0 Å². The van der Waals surface area contributed by atoms with Crippen molar-refractivity contribution in [1.29, 1.82) is 0 Å². The average molecular weight is 535 g/mol. The zero-order valence-electron chi connectivity index (χ0n) is 25.9. The largest absolute Gasteiger partial charge is 0.492 e. The Morgan fingerprint density at radius 3 is 1.77 bits per heavy atom. The molecule has 0 saturated heterocycles. The molecule has 2 aliphatic carbocycles. The van der Waals surface area contributed by atoms with Gasteiger partial charge in [-0.3, -0.25) is 0 Å². The van der Waals surface area contributed by atoms with Gasteiger partial charge in [0, 0.05) is 11.0 Å². The van der Waals surface area contributed by atoms with Crippen LogP contribution in [0.25, 0.3) is 11.1 Å². The highest BCUT2D eigenvalue weighted by atomic mass is 19.1. The second kappa shape index (κ2) is 13.7. The van der Waals surface area contributed by atoms with E-state index in [-0.39, 0.29) is 11.2 Å². The van der Waals surface area contributed by atoms with Crippen LogP contribution in [0.15, 0.2) is 30.3 Å². The summed E-state index contributed by atoms with van der Waals surface area (Å²) in [5.41, 5.74) is 5.53. The molecular weight excluding hydrogens is 479 g/mol. The van der Waals surface area contributed by atoms with Crippen LogP contribution in [-0.4, -0.2) is 6.61 Å². The summed E-state index contributed by atoms with van der Waals surface area (Å²) in [6.07, 6.45) is 15.9. The third kappa shape index (κ3) is 6.91. The summed E-state index contributed by atoms with van der Waals surface area (Å²) in [6, 6.07) is 10.5. The third-order valence-electron chi connectivity index (χ3n) is 11.1. The first-order chi connectivity index (χ1) is 18.9. The number of rotatable bonds is 11. The highest BCUT2D eigenvalue weighted by Crippen LogP contribution is 2.44. The van der Waals surface area contributed by atoms with Crippen molar-refractivity contribution >= 4 is 0 Å². The molecule has 2 saturated carbocycles. The molecule has 0 amide bonds. The molecule has 0 radical (unpaired) electrons. The van der Waals surface area contributed by atoms with Crippen LogP contribution in [0.3, 0.4) is 0 Å². The van der Waals surface area contributed by atoms with E-state index in [0.717, 1.165) is 73.3 Å². The van der Waals surface area contributed by atoms with Gasteiger partial charge in [0.2, 0.25) is 0 Å². The summed E-state index contributed by atoms with van der Waals surface area (Å²) in [7, 11) is 0. The SMILES string of the molecule is CCc1cc(-c2ccc(C3CCC(C4CCC(C)CC4)CC3)cc2F)cc(CC)c1OCC(CC)(CC)CC. The maximum atomic E-state index is 15.7. The van der Waals surface area contributed by atoms with Gasteiger partial charge >= 0.3 is 0 Å². The van der Waals surface area contributed by atoms with E-state index in [9.17, 15) is 0 Å². The van der Waals surface area contributed by atoms with Crippen molar-refractivity contribution in [1.82, 2.24) is 0 Å². The molecule has 2 aromatic rings. The maximum absolute atomic E-state index is 15.7. The lowest BCUT2D eigenvalue weighted by molar-refractivity contribution is 0.126. The summed E-state index contributed by atoms with van der Waals surface area (Å²) in [4.78, 5) is 0.